The molecule has 0 amide bonds. The zero-order valence-electron chi connectivity index (χ0n) is 13.6. The first-order valence-corrected chi connectivity index (χ1v) is 8.62. The Balaban J connectivity index is 2.93. The van der Waals surface area contributed by atoms with Crippen molar-refractivity contribution in [1.82, 2.24) is 5.32 Å². The van der Waals surface area contributed by atoms with Crippen LogP contribution >= 0.6 is 12.0 Å². The van der Waals surface area contributed by atoms with E-state index in [1.165, 1.54) is 12.0 Å². The Morgan fingerprint density at radius 3 is 1.57 bits per heavy atom. The lowest BCUT2D eigenvalue weighted by atomic mass is 10.4. The largest absolute Gasteiger partial charge is 0.378 e. The van der Waals surface area contributed by atoms with Crippen molar-refractivity contribution < 1.29 is 23.1 Å². The molecule has 0 saturated heterocycles. The molecule has 0 spiro atoms. The van der Waals surface area contributed by atoms with Crippen LogP contribution in [0.25, 0.3) is 0 Å². The number of ether oxygens (including phenoxy) is 4. The SMILES string of the molecule is CSOCCOCCOCCOCCOCCNC(C)C. The van der Waals surface area contributed by atoms with E-state index in [2.05, 4.69) is 19.2 Å². The molecule has 0 heterocycles. The molecule has 0 aromatic rings. The second kappa shape index (κ2) is 18.2. The van der Waals surface area contributed by atoms with Crippen LogP contribution in [0.2, 0.25) is 0 Å². The molecule has 0 aliphatic rings. The molecule has 0 saturated carbocycles. The molecule has 0 rings (SSSR count). The lowest BCUT2D eigenvalue weighted by Crippen LogP contribution is -2.27. The molecule has 0 radical (unpaired) electrons. The molecular formula is C14H31NO5S. The molecule has 6 nitrogen and oxygen atoms in total. The molecule has 7 heteroatoms. The Morgan fingerprint density at radius 2 is 1.14 bits per heavy atom. The second-order valence-electron chi connectivity index (χ2n) is 4.55. The van der Waals surface area contributed by atoms with E-state index in [1.54, 1.807) is 0 Å². The van der Waals surface area contributed by atoms with Crippen LogP contribution in [0.1, 0.15) is 13.8 Å². The summed E-state index contributed by atoms with van der Waals surface area (Å²) >= 11 is 1.35. The Bertz CT molecular complexity index is 198. The molecule has 0 unspecified atom stereocenters. The normalized spacial score (nSPS) is 11.4. The summed E-state index contributed by atoms with van der Waals surface area (Å²) in [7, 11) is 0. The van der Waals surface area contributed by atoms with Gasteiger partial charge in [0.15, 0.2) is 0 Å². The maximum absolute atomic E-state index is 5.41. The average Bonchev–Trinajstić information content (AvgIpc) is 2.46. The van der Waals surface area contributed by atoms with E-state index in [-0.39, 0.29) is 0 Å². The molecule has 21 heavy (non-hydrogen) atoms. The molecule has 128 valence electrons. The lowest BCUT2D eigenvalue weighted by molar-refractivity contribution is -0.00377. The third-order valence-electron chi connectivity index (χ3n) is 2.34. The summed E-state index contributed by atoms with van der Waals surface area (Å²) < 4.78 is 26.5. The maximum Gasteiger partial charge on any atom is 0.0847 e. The Kier molecular flexibility index (Phi) is 18.3. The van der Waals surface area contributed by atoms with E-state index >= 15 is 0 Å². The topological polar surface area (TPSA) is 58.2 Å². The molecule has 0 bridgehead atoms. The second-order valence-corrected chi connectivity index (χ2v) is 5.12. The van der Waals surface area contributed by atoms with Crippen molar-refractivity contribution in [2.75, 3.05) is 72.3 Å². The average molecular weight is 325 g/mol. The van der Waals surface area contributed by atoms with Gasteiger partial charge in [0.1, 0.15) is 0 Å². The highest BCUT2D eigenvalue weighted by Crippen LogP contribution is 1.92. The van der Waals surface area contributed by atoms with Crippen molar-refractivity contribution in [2.24, 2.45) is 0 Å². The fourth-order valence-electron chi connectivity index (χ4n) is 1.36. The van der Waals surface area contributed by atoms with Crippen molar-refractivity contribution in [1.29, 1.82) is 0 Å². The summed E-state index contributed by atoms with van der Waals surface area (Å²) in [4.78, 5) is 0. The van der Waals surface area contributed by atoms with Crippen molar-refractivity contribution >= 4 is 12.0 Å². The van der Waals surface area contributed by atoms with Gasteiger partial charge in [-0.15, -0.1) is 0 Å². The molecule has 0 aliphatic heterocycles. The summed E-state index contributed by atoms with van der Waals surface area (Å²) in [6.07, 6.45) is 1.89. The summed E-state index contributed by atoms with van der Waals surface area (Å²) in [5, 5.41) is 3.29. The molecule has 1 N–H and O–H groups in total. The predicted octanol–water partition coefficient (Wildman–Crippen LogP) is 1.35. The zero-order chi connectivity index (χ0) is 15.6. The number of rotatable bonds is 17. The van der Waals surface area contributed by atoms with Gasteiger partial charge in [0, 0.05) is 18.8 Å². The van der Waals surface area contributed by atoms with Crippen LogP contribution in [-0.2, 0) is 23.1 Å². The van der Waals surface area contributed by atoms with Crippen molar-refractivity contribution in [3.8, 4) is 0 Å². The van der Waals surface area contributed by atoms with E-state index in [0.29, 0.717) is 58.9 Å². The van der Waals surface area contributed by atoms with Crippen LogP contribution in [0.3, 0.4) is 0 Å². The van der Waals surface area contributed by atoms with Gasteiger partial charge in [0.25, 0.3) is 0 Å². The van der Waals surface area contributed by atoms with Gasteiger partial charge >= 0.3 is 0 Å². The predicted molar refractivity (Wildman–Crippen MR) is 85.9 cm³/mol. The number of hydrogen-bond donors (Lipinski definition) is 1. The molecular weight excluding hydrogens is 294 g/mol. The first kappa shape index (κ1) is 21.1. The summed E-state index contributed by atoms with van der Waals surface area (Å²) in [5.74, 6) is 0. The molecule has 0 fully saturated rings. The summed E-state index contributed by atoms with van der Waals surface area (Å²) in [6.45, 7) is 10.6. The molecule has 0 aromatic heterocycles. The van der Waals surface area contributed by atoms with Gasteiger partial charge < -0.3 is 28.4 Å². The van der Waals surface area contributed by atoms with Crippen LogP contribution in [0, 0.1) is 0 Å². The maximum atomic E-state index is 5.41. The minimum Gasteiger partial charge on any atom is -0.378 e. The fourth-order valence-corrected chi connectivity index (χ4v) is 1.59. The van der Waals surface area contributed by atoms with Crippen molar-refractivity contribution in [2.45, 2.75) is 19.9 Å². The minimum absolute atomic E-state index is 0.504. The monoisotopic (exact) mass is 325 g/mol. The summed E-state index contributed by atoms with van der Waals surface area (Å²) in [5.41, 5.74) is 0. The van der Waals surface area contributed by atoms with Crippen molar-refractivity contribution in [3.05, 3.63) is 0 Å². The first-order valence-electron chi connectivity index (χ1n) is 7.47. The van der Waals surface area contributed by atoms with E-state index in [9.17, 15) is 0 Å². The minimum atomic E-state index is 0.504. The Hall–Kier alpha value is 0.110. The molecule has 0 aliphatic carbocycles. The highest BCUT2D eigenvalue weighted by Gasteiger charge is 1.94. The fraction of sp³-hybridized carbons (Fsp3) is 1.00. The van der Waals surface area contributed by atoms with Gasteiger partial charge in [0.2, 0.25) is 0 Å². The van der Waals surface area contributed by atoms with Crippen LogP contribution < -0.4 is 5.32 Å². The van der Waals surface area contributed by atoms with Crippen LogP contribution in [0.5, 0.6) is 0 Å². The zero-order valence-corrected chi connectivity index (χ0v) is 14.4. The van der Waals surface area contributed by atoms with Crippen LogP contribution in [0.15, 0.2) is 0 Å². The molecule has 0 atom stereocenters. The third kappa shape index (κ3) is 20.1. The van der Waals surface area contributed by atoms with Crippen LogP contribution in [-0.4, -0.2) is 78.3 Å². The van der Waals surface area contributed by atoms with Gasteiger partial charge in [-0.2, -0.15) is 0 Å². The van der Waals surface area contributed by atoms with Gasteiger partial charge in [0.05, 0.1) is 59.5 Å². The van der Waals surface area contributed by atoms with Gasteiger partial charge in [-0.05, 0) is 12.0 Å². The van der Waals surface area contributed by atoms with E-state index < -0.39 is 0 Å². The highest BCUT2D eigenvalue weighted by molar-refractivity contribution is 7.93. The first-order chi connectivity index (χ1) is 10.3. The number of nitrogens with one attached hydrogen (secondary N) is 1. The van der Waals surface area contributed by atoms with Crippen LogP contribution in [0.4, 0.5) is 0 Å². The quantitative estimate of drug-likeness (QED) is 0.320. The molecule has 0 aromatic carbocycles. The standard InChI is InChI=1S/C14H31NO5S/c1-14(2)15-4-5-16-6-7-17-8-9-18-10-11-19-12-13-20-21-3/h14-15H,4-13H2,1-3H3. The smallest absolute Gasteiger partial charge is 0.0847 e. The van der Waals surface area contributed by atoms with Gasteiger partial charge in [-0.3, -0.25) is 0 Å². The third-order valence-corrected chi connectivity index (χ3v) is 2.75. The summed E-state index contributed by atoms with van der Waals surface area (Å²) in [6, 6.07) is 0.504. The van der Waals surface area contributed by atoms with E-state index in [4.69, 9.17) is 23.1 Å². The van der Waals surface area contributed by atoms with E-state index in [0.717, 1.165) is 13.2 Å². The van der Waals surface area contributed by atoms with E-state index in [1.807, 2.05) is 6.26 Å². The van der Waals surface area contributed by atoms with Crippen molar-refractivity contribution in [3.63, 3.8) is 0 Å². The van der Waals surface area contributed by atoms with Gasteiger partial charge in [-0.1, -0.05) is 13.8 Å². The Morgan fingerprint density at radius 1 is 0.714 bits per heavy atom. The Labute approximate surface area is 133 Å². The number of hydrogen-bond acceptors (Lipinski definition) is 7. The lowest BCUT2D eigenvalue weighted by Gasteiger charge is -2.09. The highest BCUT2D eigenvalue weighted by atomic mass is 32.2. The van der Waals surface area contributed by atoms with Gasteiger partial charge in [-0.25, -0.2) is 0 Å².